The fourth-order valence-corrected chi connectivity index (χ4v) is 2.92. The maximum atomic E-state index is 9.72. The Labute approximate surface area is 126 Å². The van der Waals surface area contributed by atoms with Crippen molar-refractivity contribution in [3.05, 3.63) is 71.8 Å². The Hall–Kier alpha value is -1.64. The minimum absolute atomic E-state index is 0.109. The molecule has 110 valence electrons. The lowest BCUT2D eigenvalue weighted by Crippen LogP contribution is -2.38. The summed E-state index contributed by atoms with van der Waals surface area (Å²) in [5.41, 5.74) is 2.61. The highest BCUT2D eigenvalue weighted by Crippen LogP contribution is 2.41. The smallest absolute Gasteiger partial charge is 0.0588 e. The second-order valence-corrected chi connectivity index (χ2v) is 5.96. The molecule has 0 amide bonds. The van der Waals surface area contributed by atoms with Gasteiger partial charge in [0.2, 0.25) is 0 Å². The van der Waals surface area contributed by atoms with Crippen LogP contribution < -0.4 is 5.32 Å². The number of benzene rings is 2. The van der Waals surface area contributed by atoms with E-state index in [1.807, 2.05) is 6.07 Å². The Morgan fingerprint density at radius 2 is 1.57 bits per heavy atom. The van der Waals surface area contributed by atoms with E-state index >= 15 is 0 Å². The molecule has 2 nitrogen and oxygen atoms in total. The average molecular weight is 281 g/mol. The van der Waals surface area contributed by atoms with E-state index in [-0.39, 0.29) is 12.6 Å². The third-order valence-electron chi connectivity index (χ3n) is 4.21. The van der Waals surface area contributed by atoms with Crippen LogP contribution in [0.3, 0.4) is 0 Å². The van der Waals surface area contributed by atoms with Gasteiger partial charge in [-0.25, -0.2) is 0 Å². The SMILES string of the molecule is OC[C@H](Cc1ccccc1)NC(c1ccccc1)C1CC1. The standard InChI is InChI=1S/C19H23NO/c21-14-18(13-15-7-3-1-4-8-15)20-19(17-11-12-17)16-9-5-2-6-10-16/h1-10,17-21H,11-14H2/t18-,19?/m0/s1. The molecular formula is C19H23NO. The van der Waals surface area contributed by atoms with Crippen LogP contribution in [-0.4, -0.2) is 17.8 Å². The Morgan fingerprint density at radius 3 is 2.14 bits per heavy atom. The topological polar surface area (TPSA) is 32.3 Å². The van der Waals surface area contributed by atoms with Gasteiger partial charge in [0, 0.05) is 12.1 Å². The van der Waals surface area contributed by atoms with Gasteiger partial charge in [0.25, 0.3) is 0 Å². The van der Waals surface area contributed by atoms with E-state index in [4.69, 9.17) is 0 Å². The molecule has 0 aromatic heterocycles. The first-order valence-electron chi connectivity index (χ1n) is 7.82. The molecule has 1 aliphatic rings. The zero-order valence-corrected chi connectivity index (χ0v) is 12.3. The average Bonchev–Trinajstić information content (AvgIpc) is 3.38. The van der Waals surface area contributed by atoms with Crippen LogP contribution in [0.15, 0.2) is 60.7 Å². The van der Waals surface area contributed by atoms with Crippen molar-refractivity contribution in [2.45, 2.75) is 31.3 Å². The van der Waals surface area contributed by atoms with Crippen molar-refractivity contribution in [2.24, 2.45) is 5.92 Å². The third-order valence-corrected chi connectivity index (χ3v) is 4.21. The molecule has 1 saturated carbocycles. The zero-order valence-electron chi connectivity index (χ0n) is 12.3. The van der Waals surface area contributed by atoms with E-state index in [1.165, 1.54) is 24.0 Å². The normalized spacial score (nSPS) is 17.4. The molecule has 0 saturated heterocycles. The van der Waals surface area contributed by atoms with Crippen LogP contribution >= 0.6 is 0 Å². The lowest BCUT2D eigenvalue weighted by Gasteiger charge is -2.25. The predicted octanol–water partition coefficient (Wildman–Crippen LogP) is 3.33. The van der Waals surface area contributed by atoms with E-state index in [9.17, 15) is 5.11 Å². The van der Waals surface area contributed by atoms with Crippen LogP contribution in [0, 0.1) is 5.92 Å². The first-order chi connectivity index (χ1) is 10.4. The molecule has 2 aromatic carbocycles. The van der Waals surface area contributed by atoms with E-state index in [2.05, 4.69) is 59.9 Å². The minimum Gasteiger partial charge on any atom is -0.395 e. The summed E-state index contributed by atoms with van der Waals surface area (Å²) in [5.74, 6) is 0.720. The Balaban J connectivity index is 1.69. The van der Waals surface area contributed by atoms with Crippen LogP contribution in [-0.2, 0) is 6.42 Å². The Kier molecular flexibility index (Phi) is 4.69. The fraction of sp³-hybridized carbons (Fsp3) is 0.368. The number of rotatable bonds is 7. The molecule has 0 bridgehead atoms. The molecule has 1 aliphatic carbocycles. The molecule has 3 rings (SSSR count). The minimum atomic E-state index is 0.109. The summed E-state index contributed by atoms with van der Waals surface area (Å²) in [6.07, 6.45) is 3.44. The molecule has 1 fully saturated rings. The highest BCUT2D eigenvalue weighted by molar-refractivity contribution is 5.22. The fourth-order valence-electron chi connectivity index (χ4n) is 2.92. The van der Waals surface area contributed by atoms with Gasteiger partial charge in [0.15, 0.2) is 0 Å². The number of aliphatic hydroxyl groups excluding tert-OH is 1. The lowest BCUT2D eigenvalue weighted by molar-refractivity contribution is 0.225. The van der Waals surface area contributed by atoms with Gasteiger partial charge in [-0.1, -0.05) is 60.7 Å². The summed E-state index contributed by atoms with van der Waals surface area (Å²) in [6.45, 7) is 0.172. The molecule has 0 heterocycles. The second-order valence-electron chi connectivity index (χ2n) is 5.96. The second kappa shape index (κ2) is 6.88. The van der Waals surface area contributed by atoms with E-state index in [1.54, 1.807) is 0 Å². The molecule has 0 radical (unpaired) electrons. The van der Waals surface area contributed by atoms with Crippen LogP contribution in [0.25, 0.3) is 0 Å². The van der Waals surface area contributed by atoms with Crippen LogP contribution in [0.2, 0.25) is 0 Å². The maximum absolute atomic E-state index is 9.72. The van der Waals surface area contributed by atoms with Crippen LogP contribution in [0.4, 0.5) is 0 Å². The third kappa shape index (κ3) is 3.93. The van der Waals surface area contributed by atoms with Crippen molar-refractivity contribution in [2.75, 3.05) is 6.61 Å². The van der Waals surface area contributed by atoms with Crippen molar-refractivity contribution in [1.82, 2.24) is 5.32 Å². The van der Waals surface area contributed by atoms with Gasteiger partial charge < -0.3 is 10.4 Å². The summed E-state index contributed by atoms with van der Waals surface area (Å²) < 4.78 is 0. The van der Waals surface area contributed by atoms with Gasteiger partial charge in [-0.15, -0.1) is 0 Å². The first kappa shape index (κ1) is 14.3. The maximum Gasteiger partial charge on any atom is 0.0588 e. The molecule has 2 atom stereocenters. The monoisotopic (exact) mass is 281 g/mol. The summed E-state index contributed by atoms with van der Waals surface area (Å²) in [4.78, 5) is 0. The van der Waals surface area contributed by atoms with E-state index in [0.717, 1.165) is 12.3 Å². The zero-order chi connectivity index (χ0) is 14.5. The highest BCUT2D eigenvalue weighted by Gasteiger charge is 2.33. The Morgan fingerprint density at radius 1 is 0.952 bits per heavy atom. The summed E-state index contributed by atoms with van der Waals surface area (Å²) in [5, 5.41) is 13.4. The van der Waals surface area contributed by atoms with Crippen LogP contribution in [0.5, 0.6) is 0 Å². The first-order valence-corrected chi connectivity index (χ1v) is 7.82. The summed E-state index contributed by atoms with van der Waals surface area (Å²) in [7, 11) is 0. The molecule has 2 heteroatoms. The van der Waals surface area contributed by atoms with Gasteiger partial charge in [0.05, 0.1) is 6.61 Å². The van der Waals surface area contributed by atoms with Gasteiger partial charge in [-0.05, 0) is 36.3 Å². The van der Waals surface area contributed by atoms with Gasteiger partial charge >= 0.3 is 0 Å². The Bertz CT molecular complexity index is 536. The molecule has 21 heavy (non-hydrogen) atoms. The predicted molar refractivity (Wildman–Crippen MR) is 86.1 cm³/mol. The number of nitrogens with one attached hydrogen (secondary N) is 1. The van der Waals surface area contributed by atoms with Crippen molar-refractivity contribution in [3.63, 3.8) is 0 Å². The molecule has 0 aliphatic heterocycles. The van der Waals surface area contributed by atoms with E-state index in [0.29, 0.717) is 6.04 Å². The molecule has 2 N–H and O–H groups in total. The summed E-state index contributed by atoms with van der Waals surface area (Å²) in [6, 6.07) is 21.5. The quantitative estimate of drug-likeness (QED) is 0.816. The van der Waals surface area contributed by atoms with Gasteiger partial charge in [-0.2, -0.15) is 0 Å². The summed E-state index contributed by atoms with van der Waals surface area (Å²) >= 11 is 0. The number of aliphatic hydroxyl groups is 1. The number of hydrogen-bond acceptors (Lipinski definition) is 2. The lowest BCUT2D eigenvalue weighted by atomic mass is 9.99. The number of hydrogen-bond donors (Lipinski definition) is 2. The van der Waals surface area contributed by atoms with Crippen molar-refractivity contribution in [1.29, 1.82) is 0 Å². The van der Waals surface area contributed by atoms with Crippen molar-refractivity contribution < 1.29 is 5.11 Å². The molecular weight excluding hydrogens is 258 g/mol. The molecule has 0 spiro atoms. The molecule has 1 unspecified atom stereocenters. The van der Waals surface area contributed by atoms with Gasteiger partial charge in [-0.3, -0.25) is 0 Å². The van der Waals surface area contributed by atoms with Crippen molar-refractivity contribution >= 4 is 0 Å². The van der Waals surface area contributed by atoms with Crippen LogP contribution in [0.1, 0.15) is 30.0 Å². The van der Waals surface area contributed by atoms with E-state index < -0.39 is 0 Å². The largest absolute Gasteiger partial charge is 0.395 e. The van der Waals surface area contributed by atoms with Gasteiger partial charge in [0.1, 0.15) is 0 Å². The van der Waals surface area contributed by atoms with Crippen molar-refractivity contribution in [3.8, 4) is 0 Å². The highest BCUT2D eigenvalue weighted by atomic mass is 16.3. The molecule has 2 aromatic rings.